The Bertz CT molecular complexity index is 811. The first kappa shape index (κ1) is 18.5. The van der Waals surface area contributed by atoms with Gasteiger partial charge in [-0.25, -0.2) is 0 Å². The molecule has 3 nitrogen and oxygen atoms in total. The number of benzene rings is 1. The molecule has 0 spiro atoms. The second kappa shape index (κ2) is 8.32. The van der Waals surface area contributed by atoms with Crippen molar-refractivity contribution in [1.82, 2.24) is 9.97 Å². The zero-order chi connectivity index (χ0) is 16.2. The molecule has 0 fully saturated rings. The summed E-state index contributed by atoms with van der Waals surface area (Å²) in [7, 11) is 0. The molecule has 0 aliphatic rings. The van der Waals surface area contributed by atoms with Gasteiger partial charge in [0.05, 0.1) is 17.6 Å². The van der Waals surface area contributed by atoms with Crippen LogP contribution in [0.25, 0.3) is 11.0 Å². The van der Waals surface area contributed by atoms with Crippen molar-refractivity contribution >= 4 is 23.4 Å². The maximum absolute atomic E-state index is 5.81. The molecule has 0 saturated heterocycles. The molecule has 0 aliphatic heterocycles. The van der Waals surface area contributed by atoms with Gasteiger partial charge < -0.3 is 9.72 Å². The molecule has 4 heteroatoms. The summed E-state index contributed by atoms with van der Waals surface area (Å²) in [6, 6.07) is 10.6. The van der Waals surface area contributed by atoms with Gasteiger partial charge in [0.2, 0.25) is 0 Å². The molecule has 3 rings (SSSR count). The fraction of sp³-hybridized carbons (Fsp3) is 0.350. The van der Waals surface area contributed by atoms with Gasteiger partial charge in [0, 0.05) is 18.5 Å². The van der Waals surface area contributed by atoms with Crippen LogP contribution in [0.1, 0.15) is 34.4 Å². The molecular weight excluding hydrogens is 320 g/mol. The number of ether oxygens (including phenoxy) is 1. The Kier molecular flexibility index (Phi) is 6.41. The summed E-state index contributed by atoms with van der Waals surface area (Å²) in [5.74, 6) is 0. The van der Waals surface area contributed by atoms with Crippen molar-refractivity contribution in [2.75, 3.05) is 6.61 Å². The lowest BCUT2D eigenvalue weighted by molar-refractivity contribution is 0.118. The number of aromatic nitrogens is 2. The number of H-pyrrole nitrogens is 1. The zero-order valence-electron chi connectivity index (χ0n) is 14.6. The van der Waals surface area contributed by atoms with Crippen LogP contribution in [-0.2, 0) is 17.8 Å². The highest BCUT2D eigenvalue weighted by Crippen LogP contribution is 2.22. The van der Waals surface area contributed by atoms with Crippen molar-refractivity contribution in [3.8, 4) is 0 Å². The van der Waals surface area contributed by atoms with Gasteiger partial charge in [-0.2, -0.15) is 0 Å². The molecule has 0 unspecified atom stereocenters. The van der Waals surface area contributed by atoms with E-state index in [0.29, 0.717) is 6.61 Å². The summed E-state index contributed by atoms with van der Waals surface area (Å²) in [6.07, 6.45) is 3.93. The predicted octanol–water partition coefficient (Wildman–Crippen LogP) is 5.06. The quantitative estimate of drug-likeness (QED) is 0.635. The smallest absolute Gasteiger partial charge is 0.0913 e. The van der Waals surface area contributed by atoms with Crippen molar-refractivity contribution in [3.05, 3.63) is 64.5 Å². The Morgan fingerprint density at radius 2 is 1.96 bits per heavy atom. The van der Waals surface area contributed by atoms with E-state index in [4.69, 9.17) is 4.74 Å². The van der Waals surface area contributed by atoms with Crippen LogP contribution >= 0.6 is 12.4 Å². The standard InChI is InChI=1S/C20H24N2O.ClH/c1-14-6-4-7-17(12-14)13-23-11-5-8-18-9-10-21-19-15(2)16(3)22-20(18)19;/h4,6-7,9-10,12,22H,5,8,11,13H2,1-3H3;1H. The fourth-order valence-electron chi connectivity index (χ4n) is 2.95. The van der Waals surface area contributed by atoms with Crippen molar-refractivity contribution in [2.45, 2.75) is 40.2 Å². The summed E-state index contributed by atoms with van der Waals surface area (Å²) >= 11 is 0. The lowest BCUT2D eigenvalue weighted by Gasteiger charge is -2.06. The predicted molar refractivity (Wildman–Crippen MR) is 102 cm³/mol. The van der Waals surface area contributed by atoms with Crippen molar-refractivity contribution < 1.29 is 4.74 Å². The third-order valence-corrected chi connectivity index (χ3v) is 4.35. The third kappa shape index (κ3) is 4.16. The van der Waals surface area contributed by atoms with Crippen LogP contribution < -0.4 is 0 Å². The van der Waals surface area contributed by atoms with Crippen LogP contribution in [0.5, 0.6) is 0 Å². The monoisotopic (exact) mass is 344 g/mol. The van der Waals surface area contributed by atoms with Crippen molar-refractivity contribution in [1.29, 1.82) is 0 Å². The zero-order valence-corrected chi connectivity index (χ0v) is 15.4. The first-order valence-electron chi connectivity index (χ1n) is 8.21. The van der Waals surface area contributed by atoms with E-state index in [1.807, 2.05) is 6.20 Å². The van der Waals surface area contributed by atoms with E-state index in [2.05, 4.69) is 61.1 Å². The highest BCUT2D eigenvalue weighted by Gasteiger charge is 2.09. The summed E-state index contributed by atoms with van der Waals surface area (Å²) < 4.78 is 5.81. The number of hydrogen-bond acceptors (Lipinski definition) is 2. The third-order valence-electron chi connectivity index (χ3n) is 4.35. The maximum Gasteiger partial charge on any atom is 0.0913 e. The van der Waals surface area contributed by atoms with E-state index in [9.17, 15) is 0 Å². The average molecular weight is 345 g/mol. The van der Waals surface area contributed by atoms with Gasteiger partial charge in [0.1, 0.15) is 0 Å². The second-order valence-electron chi connectivity index (χ2n) is 6.21. The summed E-state index contributed by atoms with van der Waals surface area (Å²) in [5.41, 5.74) is 8.58. The van der Waals surface area contributed by atoms with Crippen LogP contribution in [0.2, 0.25) is 0 Å². The van der Waals surface area contributed by atoms with Gasteiger partial charge in [-0.1, -0.05) is 29.8 Å². The minimum absolute atomic E-state index is 0. The molecule has 0 amide bonds. The van der Waals surface area contributed by atoms with Crippen molar-refractivity contribution in [3.63, 3.8) is 0 Å². The average Bonchev–Trinajstić information content (AvgIpc) is 2.83. The normalized spacial score (nSPS) is 10.8. The minimum atomic E-state index is 0. The lowest BCUT2D eigenvalue weighted by atomic mass is 10.1. The van der Waals surface area contributed by atoms with E-state index in [1.165, 1.54) is 33.5 Å². The van der Waals surface area contributed by atoms with Crippen LogP contribution in [0.3, 0.4) is 0 Å². The first-order chi connectivity index (χ1) is 11.1. The number of hydrogen-bond donors (Lipinski definition) is 1. The van der Waals surface area contributed by atoms with Crippen LogP contribution in [0.15, 0.2) is 36.5 Å². The molecule has 0 radical (unpaired) electrons. The van der Waals surface area contributed by atoms with Gasteiger partial charge in [-0.3, -0.25) is 4.98 Å². The molecule has 1 N–H and O–H groups in total. The summed E-state index contributed by atoms with van der Waals surface area (Å²) in [4.78, 5) is 7.96. The van der Waals surface area contributed by atoms with E-state index in [-0.39, 0.29) is 12.4 Å². The van der Waals surface area contributed by atoms with Gasteiger partial charge in [-0.05, 0) is 56.4 Å². The van der Waals surface area contributed by atoms with E-state index in [0.717, 1.165) is 25.0 Å². The lowest BCUT2D eigenvalue weighted by Crippen LogP contribution is -1.98. The Hall–Kier alpha value is -1.84. The molecule has 2 aromatic heterocycles. The Morgan fingerprint density at radius 1 is 1.12 bits per heavy atom. The molecule has 2 heterocycles. The molecule has 1 aromatic carbocycles. The van der Waals surface area contributed by atoms with Gasteiger partial charge in [-0.15, -0.1) is 12.4 Å². The molecule has 0 saturated carbocycles. The number of aromatic amines is 1. The summed E-state index contributed by atoms with van der Waals surface area (Å²) in [6.45, 7) is 7.80. The topological polar surface area (TPSA) is 37.9 Å². The van der Waals surface area contributed by atoms with Gasteiger partial charge in [0.15, 0.2) is 0 Å². The van der Waals surface area contributed by atoms with Crippen LogP contribution in [-0.4, -0.2) is 16.6 Å². The minimum Gasteiger partial charge on any atom is -0.377 e. The number of aryl methyl sites for hydroxylation is 4. The number of nitrogens with one attached hydrogen (secondary N) is 1. The highest BCUT2D eigenvalue weighted by atomic mass is 35.5. The molecule has 0 atom stereocenters. The first-order valence-corrected chi connectivity index (χ1v) is 8.21. The molecule has 3 aromatic rings. The maximum atomic E-state index is 5.81. The number of halogens is 1. The van der Waals surface area contributed by atoms with E-state index in [1.54, 1.807) is 0 Å². The van der Waals surface area contributed by atoms with E-state index >= 15 is 0 Å². The van der Waals surface area contributed by atoms with Crippen LogP contribution in [0, 0.1) is 20.8 Å². The Labute approximate surface area is 149 Å². The molecule has 128 valence electrons. The molecule has 0 bridgehead atoms. The number of rotatable bonds is 6. The molecule has 24 heavy (non-hydrogen) atoms. The largest absolute Gasteiger partial charge is 0.377 e. The van der Waals surface area contributed by atoms with Gasteiger partial charge >= 0.3 is 0 Å². The molecule has 0 aliphatic carbocycles. The number of fused-ring (bicyclic) bond motifs is 1. The van der Waals surface area contributed by atoms with E-state index < -0.39 is 0 Å². The van der Waals surface area contributed by atoms with Gasteiger partial charge in [0.25, 0.3) is 0 Å². The van der Waals surface area contributed by atoms with Crippen molar-refractivity contribution in [2.24, 2.45) is 0 Å². The summed E-state index contributed by atoms with van der Waals surface area (Å²) in [5, 5.41) is 0. The fourth-order valence-corrected chi connectivity index (χ4v) is 2.95. The SMILES string of the molecule is Cc1cccc(COCCCc2ccnc3c(C)c(C)[nH]c23)c1.Cl. The number of pyridine rings is 1. The molecular formula is C20H25ClN2O. The van der Waals surface area contributed by atoms with Crippen LogP contribution in [0.4, 0.5) is 0 Å². The second-order valence-corrected chi connectivity index (χ2v) is 6.21. The highest BCUT2D eigenvalue weighted by molar-refractivity contribution is 5.85. The Balaban J connectivity index is 0.00000208. The Morgan fingerprint density at radius 3 is 2.75 bits per heavy atom. The number of nitrogens with zero attached hydrogens (tertiary/aromatic N) is 1.